The maximum absolute atomic E-state index is 13.1. The minimum Gasteiger partial charge on any atom is -0.472 e. The van der Waals surface area contributed by atoms with Crippen LogP contribution in [0.2, 0.25) is 0 Å². The predicted octanol–water partition coefficient (Wildman–Crippen LogP) is 2.62. The van der Waals surface area contributed by atoms with E-state index in [1.807, 2.05) is 13.8 Å². The number of anilines is 1. The number of rotatable bonds is 4. The molecule has 2 rings (SSSR count). The molecule has 1 amide bonds. The summed E-state index contributed by atoms with van der Waals surface area (Å²) in [4.78, 5) is 20.7. The van der Waals surface area contributed by atoms with Gasteiger partial charge in [-0.05, 0) is 26.7 Å². The molecule has 0 aliphatic carbocycles. The van der Waals surface area contributed by atoms with E-state index < -0.39 is 18.1 Å². The molecular formula is C15H21F3N4O2. The van der Waals surface area contributed by atoms with Crippen LogP contribution in [0.3, 0.4) is 0 Å². The minimum absolute atomic E-state index is 0.0444. The molecule has 0 bridgehead atoms. The van der Waals surface area contributed by atoms with Crippen LogP contribution in [0.15, 0.2) is 12.4 Å². The van der Waals surface area contributed by atoms with Crippen molar-refractivity contribution >= 4 is 11.7 Å². The van der Waals surface area contributed by atoms with Crippen LogP contribution < -0.4 is 10.1 Å². The molecule has 0 radical (unpaired) electrons. The van der Waals surface area contributed by atoms with Crippen molar-refractivity contribution < 1.29 is 22.7 Å². The molecule has 24 heavy (non-hydrogen) atoms. The van der Waals surface area contributed by atoms with E-state index in [0.29, 0.717) is 11.7 Å². The summed E-state index contributed by atoms with van der Waals surface area (Å²) >= 11 is 0. The highest BCUT2D eigenvalue weighted by Gasteiger charge is 2.47. The Morgan fingerprint density at radius 2 is 2.00 bits per heavy atom. The number of carbonyl (C=O) groups is 1. The molecule has 0 saturated carbocycles. The molecule has 2 atom stereocenters. The van der Waals surface area contributed by atoms with E-state index >= 15 is 0 Å². The Hall–Kier alpha value is -2.06. The first-order valence-corrected chi connectivity index (χ1v) is 7.76. The van der Waals surface area contributed by atoms with Crippen LogP contribution in [0.1, 0.15) is 33.6 Å². The van der Waals surface area contributed by atoms with E-state index in [9.17, 15) is 18.0 Å². The smallest absolute Gasteiger partial charge is 0.408 e. The van der Waals surface area contributed by atoms with Crippen molar-refractivity contribution in [3.05, 3.63) is 12.4 Å². The van der Waals surface area contributed by atoms with E-state index in [1.54, 1.807) is 0 Å². The molecule has 1 aromatic rings. The zero-order chi connectivity index (χ0) is 17.9. The lowest BCUT2D eigenvalue weighted by Gasteiger charge is -2.40. The first-order chi connectivity index (χ1) is 11.2. The minimum atomic E-state index is -4.42. The number of carbonyl (C=O) groups excluding carboxylic acids is 1. The third-order valence-corrected chi connectivity index (χ3v) is 3.72. The number of alkyl halides is 3. The van der Waals surface area contributed by atoms with E-state index in [0.717, 1.165) is 11.8 Å². The summed E-state index contributed by atoms with van der Waals surface area (Å²) in [6.45, 7) is 4.78. The largest absolute Gasteiger partial charge is 0.472 e. The third-order valence-electron chi connectivity index (χ3n) is 3.72. The molecule has 134 valence electrons. The zero-order valence-electron chi connectivity index (χ0n) is 13.8. The zero-order valence-corrected chi connectivity index (χ0v) is 13.8. The van der Waals surface area contributed by atoms with Gasteiger partial charge >= 0.3 is 6.18 Å². The highest BCUT2D eigenvalue weighted by Crippen LogP contribution is 2.33. The topological polar surface area (TPSA) is 67.4 Å². The number of nitrogens with zero attached hydrogens (tertiary/aromatic N) is 3. The SMILES string of the molecule is CC(=O)N1CC(Nc2nccnc2OC(C)C)CCC1C(F)(F)F. The quantitative estimate of drug-likeness (QED) is 0.908. The van der Waals surface area contributed by atoms with Crippen LogP contribution in [0, 0.1) is 0 Å². The molecule has 9 heteroatoms. The number of halogens is 3. The molecule has 2 heterocycles. The standard InChI is InChI=1S/C15H21F3N4O2/c1-9(2)24-14-13(19-6-7-20-14)21-11-4-5-12(15(16,17)18)22(8-11)10(3)23/h6-7,9,11-12H,4-5,8H2,1-3H3,(H,19,21). The van der Waals surface area contributed by atoms with Crippen molar-refractivity contribution in [2.24, 2.45) is 0 Å². The summed E-state index contributed by atoms with van der Waals surface area (Å²) in [7, 11) is 0. The number of hydrogen-bond acceptors (Lipinski definition) is 5. The Bertz CT molecular complexity index is 580. The van der Waals surface area contributed by atoms with E-state index in [1.165, 1.54) is 12.4 Å². The molecule has 1 fully saturated rings. The first kappa shape index (κ1) is 18.3. The number of piperidine rings is 1. The molecule has 1 aromatic heterocycles. The molecule has 1 aliphatic heterocycles. The van der Waals surface area contributed by atoms with Crippen LogP contribution in [0.5, 0.6) is 5.88 Å². The number of amides is 1. The van der Waals surface area contributed by atoms with Crippen LogP contribution >= 0.6 is 0 Å². The Morgan fingerprint density at radius 1 is 1.33 bits per heavy atom. The van der Waals surface area contributed by atoms with Crippen molar-refractivity contribution in [3.8, 4) is 5.88 Å². The summed E-state index contributed by atoms with van der Waals surface area (Å²) in [5, 5.41) is 3.05. The predicted molar refractivity (Wildman–Crippen MR) is 81.7 cm³/mol. The van der Waals surface area contributed by atoms with Gasteiger partial charge in [0.1, 0.15) is 6.04 Å². The Morgan fingerprint density at radius 3 is 2.58 bits per heavy atom. The average Bonchev–Trinajstić information content (AvgIpc) is 2.47. The summed E-state index contributed by atoms with van der Waals surface area (Å²) in [5.74, 6) is 0.0617. The van der Waals surface area contributed by atoms with Gasteiger partial charge in [-0.2, -0.15) is 13.2 Å². The number of ether oxygens (including phenoxy) is 1. The van der Waals surface area contributed by atoms with Gasteiger partial charge in [-0.15, -0.1) is 0 Å². The second-order valence-electron chi connectivity index (χ2n) is 6.02. The molecule has 2 unspecified atom stereocenters. The normalized spacial score (nSPS) is 21.7. The maximum Gasteiger partial charge on any atom is 0.408 e. The fourth-order valence-corrected chi connectivity index (χ4v) is 2.70. The van der Waals surface area contributed by atoms with Crippen molar-refractivity contribution in [2.75, 3.05) is 11.9 Å². The van der Waals surface area contributed by atoms with Crippen LogP contribution in [-0.4, -0.2) is 51.7 Å². The lowest BCUT2D eigenvalue weighted by Crippen LogP contribution is -2.55. The highest BCUT2D eigenvalue weighted by atomic mass is 19.4. The summed E-state index contributed by atoms with van der Waals surface area (Å²) < 4.78 is 44.7. The second kappa shape index (κ2) is 7.23. The van der Waals surface area contributed by atoms with Crippen molar-refractivity contribution in [2.45, 2.75) is 58.0 Å². The highest BCUT2D eigenvalue weighted by molar-refractivity contribution is 5.74. The van der Waals surface area contributed by atoms with Crippen molar-refractivity contribution in [3.63, 3.8) is 0 Å². The van der Waals surface area contributed by atoms with Crippen LogP contribution in [0.4, 0.5) is 19.0 Å². The fourth-order valence-electron chi connectivity index (χ4n) is 2.70. The van der Waals surface area contributed by atoms with Gasteiger partial charge in [0, 0.05) is 31.9 Å². The Kier molecular flexibility index (Phi) is 5.51. The van der Waals surface area contributed by atoms with Gasteiger partial charge < -0.3 is 15.0 Å². The van der Waals surface area contributed by atoms with Gasteiger partial charge in [-0.1, -0.05) is 0 Å². The van der Waals surface area contributed by atoms with Gasteiger partial charge in [-0.3, -0.25) is 4.79 Å². The van der Waals surface area contributed by atoms with E-state index in [-0.39, 0.29) is 31.5 Å². The Labute approximate surface area is 138 Å². The molecular weight excluding hydrogens is 325 g/mol. The summed E-state index contributed by atoms with van der Waals surface area (Å²) in [6.07, 6.45) is -1.47. The van der Waals surface area contributed by atoms with E-state index in [2.05, 4.69) is 15.3 Å². The molecule has 1 saturated heterocycles. The number of likely N-dealkylation sites (tertiary alicyclic amines) is 1. The molecule has 6 nitrogen and oxygen atoms in total. The third kappa shape index (κ3) is 4.48. The lowest BCUT2D eigenvalue weighted by molar-refractivity contribution is -0.195. The molecule has 0 aromatic carbocycles. The summed E-state index contributed by atoms with van der Waals surface area (Å²) in [5.41, 5.74) is 0. The van der Waals surface area contributed by atoms with Crippen LogP contribution in [0.25, 0.3) is 0 Å². The average molecular weight is 346 g/mol. The van der Waals surface area contributed by atoms with Gasteiger partial charge in [0.2, 0.25) is 5.91 Å². The van der Waals surface area contributed by atoms with Gasteiger partial charge in [0.25, 0.3) is 5.88 Å². The molecule has 1 N–H and O–H groups in total. The Balaban J connectivity index is 2.11. The van der Waals surface area contributed by atoms with E-state index in [4.69, 9.17) is 4.74 Å². The second-order valence-corrected chi connectivity index (χ2v) is 6.02. The van der Waals surface area contributed by atoms with Crippen molar-refractivity contribution in [1.82, 2.24) is 14.9 Å². The first-order valence-electron chi connectivity index (χ1n) is 7.76. The van der Waals surface area contributed by atoms with Crippen LogP contribution in [-0.2, 0) is 4.79 Å². The number of nitrogens with one attached hydrogen (secondary N) is 1. The number of aromatic nitrogens is 2. The molecule has 1 aliphatic rings. The van der Waals surface area contributed by atoms with Gasteiger partial charge in [0.05, 0.1) is 6.10 Å². The van der Waals surface area contributed by atoms with Gasteiger partial charge in [0.15, 0.2) is 5.82 Å². The number of hydrogen-bond donors (Lipinski definition) is 1. The van der Waals surface area contributed by atoms with Crippen molar-refractivity contribution in [1.29, 1.82) is 0 Å². The monoisotopic (exact) mass is 346 g/mol. The molecule has 0 spiro atoms. The fraction of sp³-hybridized carbons (Fsp3) is 0.667. The van der Waals surface area contributed by atoms with Gasteiger partial charge in [-0.25, -0.2) is 9.97 Å². The maximum atomic E-state index is 13.1. The lowest BCUT2D eigenvalue weighted by atomic mass is 9.97. The summed E-state index contributed by atoms with van der Waals surface area (Å²) in [6, 6.07) is -2.08.